The topological polar surface area (TPSA) is 38.0 Å². The van der Waals surface area contributed by atoms with Gasteiger partial charge in [0.15, 0.2) is 0 Å². The van der Waals surface area contributed by atoms with Crippen LogP contribution in [0.4, 0.5) is 13.2 Å². The summed E-state index contributed by atoms with van der Waals surface area (Å²) in [5.41, 5.74) is 0.175. The molecular weight excluding hydrogens is 221 g/mol. The van der Waals surface area contributed by atoms with E-state index in [9.17, 15) is 13.2 Å². The third-order valence-corrected chi connectivity index (χ3v) is 2.46. The minimum absolute atomic E-state index is 0.228. The first-order valence-corrected chi connectivity index (χ1v) is 4.56. The molecule has 0 saturated carbocycles. The molecule has 0 saturated heterocycles. The monoisotopic (exact) mass is 230 g/mol. The minimum atomic E-state index is -4.39. The predicted molar refractivity (Wildman–Crippen MR) is 51.6 cm³/mol. The zero-order valence-electron chi connectivity index (χ0n) is 8.41. The molecule has 0 aliphatic heterocycles. The molecule has 0 amide bonds. The summed E-state index contributed by atoms with van der Waals surface area (Å²) >= 11 is 0. The summed E-state index contributed by atoms with van der Waals surface area (Å²) in [6.07, 6.45) is -3.60. The number of halogens is 3. The van der Waals surface area contributed by atoms with Crippen molar-refractivity contribution in [3.8, 4) is 0 Å². The van der Waals surface area contributed by atoms with Crippen LogP contribution in [0.5, 0.6) is 0 Å². The zero-order chi connectivity index (χ0) is 11.9. The number of hydrogen-bond acceptors (Lipinski definition) is 2. The molecule has 0 spiro atoms. The van der Waals surface area contributed by atoms with Gasteiger partial charge >= 0.3 is 6.18 Å². The standard InChI is InChI=1S/C10H9F3N2O/c1-15-8(5-16)3-6-2-7(10(11,12)13)4-14-9(6)15/h2-4,16H,5H2,1H3. The van der Waals surface area contributed by atoms with Gasteiger partial charge < -0.3 is 9.67 Å². The Morgan fingerprint density at radius 3 is 2.62 bits per heavy atom. The predicted octanol–water partition coefficient (Wildman–Crippen LogP) is 2.08. The lowest BCUT2D eigenvalue weighted by Gasteiger charge is -2.05. The highest BCUT2D eigenvalue weighted by Crippen LogP contribution is 2.30. The first kappa shape index (κ1) is 10.9. The number of alkyl halides is 3. The van der Waals surface area contributed by atoms with Gasteiger partial charge in [-0.15, -0.1) is 0 Å². The van der Waals surface area contributed by atoms with Crippen LogP contribution in [0.15, 0.2) is 18.3 Å². The van der Waals surface area contributed by atoms with Crippen LogP contribution in [0.3, 0.4) is 0 Å². The number of aliphatic hydroxyl groups is 1. The van der Waals surface area contributed by atoms with Crippen LogP contribution in [0.25, 0.3) is 11.0 Å². The number of fused-ring (bicyclic) bond motifs is 1. The van der Waals surface area contributed by atoms with Crippen LogP contribution >= 0.6 is 0 Å². The lowest BCUT2D eigenvalue weighted by atomic mass is 10.2. The Morgan fingerprint density at radius 2 is 2.06 bits per heavy atom. The zero-order valence-corrected chi connectivity index (χ0v) is 8.41. The maximum absolute atomic E-state index is 12.4. The van der Waals surface area contributed by atoms with E-state index in [-0.39, 0.29) is 6.61 Å². The molecule has 16 heavy (non-hydrogen) atoms. The third-order valence-electron chi connectivity index (χ3n) is 2.46. The van der Waals surface area contributed by atoms with Gasteiger partial charge in [0.05, 0.1) is 12.2 Å². The Hall–Kier alpha value is -1.56. The number of pyridine rings is 1. The van der Waals surface area contributed by atoms with Crippen molar-refractivity contribution >= 4 is 11.0 Å². The highest BCUT2D eigenvalue weighted by Gasteiger charge is 2.31. The average Bonchev–Trinajstić information content (AvgIpc) is 2.54. The van der Waals surface area contributed by atoms with Gasteiger partial charge in [0.2, 0.25) is 0 Å². The van der Waals surface area contributed by atoms with Crippen LogP contribution in [0, 0.1) is 0 Å². The van der Waals surface area contributed by atoms with E-state index in [1.165, 1.54) is 6.07 Å². The first-order valence-electron chi connectivity index (χ1n) is 4.56. The normalized spacial score (nSPS) is 12.3. The molecule has 2 aromatic rings. The maximum atomic E-state index is 12.4. The maximum Gasteiger partial charge on any atom is 0.417 e. The van der Waals surface area contributed by atoms with Crippen molar-refractivity contribution in [2.45, 2.75) is 12.8 Å². The van der Waals surface area contributed by atoms with Crippen molar-refractivity contribution in [1.82, 2.24) is 9.55 Å². The second-order valence-corrected chi connectivity index (χ2v) is 3.49. The van der Waals surface area contributed by atoms with Crippen molar-refractivity contribution in [2.75, 3.05) is 0 Å². The minimum Gasteiger partial charge on any atom is -0.390 e. The van der Waals surface area contributed by atoms with E-state index in [0.29, 0.717) is 16.7 Å². The van der Waals surface area contributed by atoms with E-state index < -0.39 is 11.7 Å². The van der Waals surface area contributed by atoms with Crippen LogP contribution < -0.4 is 0 Å². The molecule has 0 unspecified atom stereocenters. The van der Waals surface area contributed by atoms with Gasteiger partial charge in [-0.1, -0.05) is 0 Å². The molecule has 0 fully saturated rings. The number of aromatic nitrogens is 2. The smallest absolute Gasteiger partial charge is 0.390 e. The van der Waals surface area contributed by atoms with E-state index in [4.69, 9.17) is 5.11 Å². The van der Waals surface area contributed by atoms with E-state index in [0.717, 1.165) is 12.3 Å². The van der Waals surface area contributed by atoms with Gasteiger partial charge in [-0.3, -0.25) is 0 Å². The summed E-state index contributed by atoms with van der Waals surface area (Å²) in [5.74, 6) is 0. The summed E-state index contributed by atoms with van der Waals surface area (Å²) in [4.78, 5) is 3.75. The Morgan fingerprint density at radius 1 is 1.38 bits per heavy atom. The van der Waals surface area contributed by atoms with Gasteiger partial charge in [0.25, 0.3) is 0 Å². The Bertz CT molecular complexity index is 531. The first-order chi connectivity index (χ1) is 7.43. The third kappa shape index (κ3) is 1.65. The molecule has 2 heterocycles. The highest BCUT2D eigenvalue weighted by atomic mass is 19.4. The fourth-order valence-electron chi connectivity index (χ4n) is 1.58. The van der Waals surface area contributed by atoms with Crippen molar-refractivity contribution < 1.29 is 18.3 Å². The summed E-state index contributed by atoms with van der Waals surface area (Å²) < 4.78 is 38.8. The van der Waals surface area contributed by atoms with Crippen molar-refractivity contribution in [2.24, 2.45) is 7.05 Å². The van der Waals surface area contributed by atoms with Crippen LogP contribution in [0.2, 0.25) is 0 Å². The van der Waals surface area contributed by atoms with Gasteiger partial charge in [0.1, 0.15) is 5.65 Å². The number of aliphatic hydroxyl groups excluding tert-OH is 1. The molecule has 0 atom stereocenters. The van der Waals surface area contributed by atoms with Gasteiger partial charge in [-0.05, 0) is 12.1 Å². The van der Waals surface area contributed by atoms with Crippen LogP contribution in [0.1, 0.15) is 11.3 Å². The molecule has 3 nitrogen and oxygen atoms in total. The molecule has 6 heteroatoms. The fourth-order valence-corrected chi connectivity index (χ4v) is 1.58. The van der Waals surface area contributed by atoms with Gasteiger partial charge in [0, 0.05) is 24.3 Å². The van der Waals surface area contributed by atoms with Crippen LogP contribution in [-0.2, 0) is 19.8 Å². The molecular formula is C10H9F3N2O. The second kappa shape index (κ2) is 3.48. The van der Waals surface area contributed by atoms with Crippen molar-refractivity contribution in [3.05, 3.63) is 29.6 Å². The Balaban J connectivity index is 2.64. The largest absolute Gasteiger partial charge is 0.417 e. The summed E-state index contributed by atoms with van der Waals surface area (Å²) in [6, 6.07) is 2.53. The number of nitrogens with zero attached hydrogens (tertiary/aromatic N) is 2. The molecule has 2 aromatic heterocycles. The Labute approximate surface area is 89.1 Å². The van der Waals surface area contributed by atoms with E-state index in [1.54, 1.807) is 11.6 Å². The van der Waals surface area contributed by atoms with Gasteiger partial charge in [-0.2, -0.15) is 13.2 Å². The SMILES string of the molecule is Cn1c(CO)cc2cc(C(F)(F)F)cnc21. The van der Waals surface area contributed by atoms with Crippen LogP contribution in [-0.4, -0.2) is 14.7 Å². The number of aryl methyl sites for hydroxylation is 1. The molecule has 0 aromatic carbocycles. The second-order valence-electron chi connectivity index (χ2n) is 3.49. The average molecular weight is 230 g/mol. The summed E-state index contributed by atoms with van der Waals surface area (Å²) in [7, 11) is 1.65. The molecule has 0 bridgehead atoms. The molecule has 86 valence electrons. The summed E-state index contributed by atoms with van der Waals surface area (Å²) in [5, 5.41) is 9.35. The quantitative estimate of drug-likeness (QED) is 0.814. The molecule has 0 radical (unpaired) electrons. The molecule has 0 aliphatic rings. The fraction of sp³-hybridized carbons (Fsp3) is 0.300. The van der Waals surface area contributed by atoms with Crippen molar-refractivity contribution in [1.29, 1.82) is 0 Å². The molecule has 2 rings (SSSR count). The number of rotatable bonds is 1. The molecule has 0 aliphatic carbocycles. The highest BCUT2D eigenvalue weighted by molar-refractivity contribution is 5.78. The van der Waals surface area contributed by atoms with Gasteiger partial charge in [-0.25, -0.2) is 4.98 Å². The van der Waals surface area contributed by atoms with Crippen molar-refractivity contribution in [3.63, 3.8) is 0 Å². The van der Waals surface area contributed by atoms with E-state index >= 15 is 0 Å². The Kier molecular flexibility index (Phi) is 2.38. The summed E-state index contributed by atoms with van der Waals surface area (Å²) in [6.45, 7) is -0.228. The molecule has 1 N–H and O–H groups in total. The van der Waals surface area contributed by atoms with E-state index in [2.05, 4.69) is 4.98 Å². The lowest BCUT2D eigenvalue weighted by molar-refractivity contribution is -0.137. The lowest BCUT2D eigenvalue weighted by Crippen LogP contribution is -2.05. The van der Waals surface area contributed by atoms with E-state index in [1.807, 2.05) is 0 Å². The number of hydrogen-bond donors (Lipinski definition) is 1.